The first-order valence-electron chi connectivity index (χ1n) is 11.0. The van der Waals surface area contributed by atoms with Crippen LogP contribution in [-0.4, -0.2) is 46.1 Å². The van der Waals surface area contributed by atoms with Crippen molar-refractivity contribution < 1.29 is 29.3 Å². The van der Waals surface area contributed by atoms with Crippen LogP contribution in [-0.2, 0) is 19.1 Å². The van der Waals surface area contributed by atoms with Crippen LogP contribution in [0.15, 0.2) is 23.8 Å². The fourth-order valence-electron chi connectivity index (χ4n) is 7.50. The second-order valence-electron chi connectivity index (χ2n) is 10.3. The van der Waals surface area contributed by atoms with Crippen molar-refractivity contribution in [2.45, 2.75) is 65.1 Å². The molecular weight excluding hydrogens is 384 g/mol. The number of hydrogen-bond acceptors (Lipinski definition) is 6. The fraction of sp³-hybridized carbons (Fsp3) is 0.708. The van der Waals surface area contributed by atoms with E-state index in [1.54, 1.807) is 12.2 Å². The van der Waals surface area contributed by atoms with E-state index in [4.69, 9.17) is 4.74 Å². The van der Waals surface area contributed by atoms with E-state index in [-0.39, 0.29) is 29.5 Å². The number of ketones is 2. The second kappa shape index (κ2) is 6.86. The minimum Gasteiger partial charge on any atom is -0.458 e. The molecule has 6 nitrogen and oxygen atoms in total. The lowest BCUT2D eigenvalue weighted by Gasteiger charge is -2.60. The number of hydrogen-bond donors (Lipinski definition) is 2. The zero-order chi connectivity index (χ0) is 22.1. The summed E-state index contributed by atoms with van der Waals surface area (Å²) in [6, 6.07) is 0. The summed E-state index contributed by atoms with van der Waals surface area (Å²) in [5, 5.41) is 22.9. The molecule has 0 spiro atoms. The van der Waals surface area contributed by atoms with Crippen LogP contribution in [0.5, 0.6) is 0 Å². The molecule has 0 aromatic heterocycles. The molecule has 8 atom stereocenters. The molecular formula is C24H32O6. The third-order valence-electron chi connectivity index (χ3n) is 8.84. The lowest BCUT2D eigenvalue weighted by Crippen LogP contribution is -2.62. The highest BCUT2D eigenvalue weighted by molar-refractivity contribution is 6.01. The number of ether oxygens (including phenoxy) is 1. The molecule has 4 aliphatic rings. The normalized spacial score (nSPS) is 47.1. The number of rotatable bonds is 3. The van der Waals surface area contributed by atoms with Gasteiger partial charge in [0.2, 0.25) is 5.78 Å². The molecule has 0 heterocycles. The number of Topliss-reactive ketones (excluding diaryl/α,β-unsaturated/α-hetero) is 1. The first kappa shape index (κ1) is 21.4. The molecule has 30 heavy (non-hydrogen) atoms. The van der Waals surface area contributed by atoms with Gasteiger partial charge in [0.25, 0.3) is 0 Å². The van der Waals surface area contributed by atoms with E-state index in [2.05, 4.69) is 13.8 Å². The second-order valence-corrected chi connectivity index (χ2v) is 10.3. The molecule has 0 aliphatic heterocycles. The number of esters is 1. The summed E-state index contributed by atoms with van der Waals surface area (Å²) in [6.45, 7) is 6.94. The largest absolute Gasteiger partial charge is 0.458 e. The minimum absolute atomic E-state index is 0.00535. The average Bonchev–Trinajstić information content (AvgIpc) is 2.93. The van der Waals surface area contributed by atoms with Crippen molar-refractivity contribution in [3.63, 3.8) is 0 Å². The van der Waals surface area contributed by atoms with Gasteiger partial charge in [-0.1, -0.05) is 32.4 Å². The van der Waals surface area contributed by atoms with E-state index in [0.717, 1.165) is 12.0 Å². The van der Waals surface area contributed by atoms with Gasteiger partial charge in [-0.25, -0.2) is 0 Å². The molecule has 4 aliphatic carbocycles. The van der Waals surface area contributed by atoms with Crippen LogP contribution in [0.3, 0.4) is 0 Å². The van der Waals surface area contributed by atoms with Crippen LogP contribution < -0.4 is 0 Å². The van der Waals surface area contributed by atoms with Crippen molar-refractivity contribution in [3.8, 4) is 0 Å². The fourth-order valence-corrected chi connectivity index (χ4v) is 7.50. The van der Waals surface area contributed by atoms with Gasteiger partial charge in [0.05, 0.1) is 6.10 Å². The Bertz CT molecular complexity index is 858. The van der Waals surface area contributed by atoms with E-state index in [1.165, 1.54) is 6.92 Å². The highest BCUT2D eigenvalue weighted by atomic mass is 16.5. The summed E-state index contributed by atoms with van der Waals surface area (Å²) in [7, 11) is 0. The predicted octanol–water partition coefficient (Wildman–Crippen LogP) is 2.37. The maximum absolute atomic E-state index is 12.9. The molecule has 3 fully saturated rings. The summed E-state index contributed by atoms with van der Waals surface area (Å²) in [4.78, 5) is 36.1. The Balaban J connectivity index is 1.70. The summed E-state index contributed by atoms with van der Waals surface area (Å²) >= 11 is 0. The lowest BCUT2D eigenvalue weighted by molar-refractivity contribution is -0.182. The third kappa shape index (κ3) is 2.79. The summed E-state index contributed by atoms with van der Waals surface area (Å²) in [5.41, 5.74) is -1.72. The van der Waals surface area contributed by atoms with Crippen LogP contribution in [0.1, 0.15) is 53.4 Å². The molecule has 0 radical (unpaired) electrons. The van der Waals surface area contributed by atoms with Crippen molar-refractivity contribution in [1.29, 1.82) is 0 Å². The molecule has 6 heteroatoms. The van der Waals surface area contributed by atoms with Crippen LogP contribution >= 0.6 is 0 Å². The Hall–Kier alpha value is -1.79. The van der Waals surface area contributed by atoms with Gasteiger partial charge in [0.15, 0.2) is 12.4 Å². The molecule has 0 aromatic carbocycles. The van der Waals surface area contributed by atoms with E-state index in [1.807, 2.05) is 13.0 Å². The van der Waals surface area contributed by atoms with Crippen molar-refractivity contribution in [2.24, 2.45) is 34.5 Å². The predicted molar refractivity (Wildman–Crippen MR) is 109 cm³/mol. The highest BCUT2D eigenvalue weighted by Crippen LogP contribution is 2.67. The summed E-state index contributed by atoms with van der Waals surface area (Å²) in [5.74, 6) is -0.712. The smallest absolute Gasteiger partial charge is 0.303 e. The average molecular weight is 417 g/mol. The van der Waals surface area contributed by atoms with Crippen molar-refractivity contribution >= 4 is 17.5 Å². The van der Waals surface area contributed by atoms with Gasteiger partial charge < -0.3 is 14.9 Å². The number of aliphatic hydroxyl groups is 2. The van der Waals surface area contributed by atoms with Gasteiger partial charge in [-0.3, -0.25) is 14.4 Å². The maximum Gasteiger partial charge on any atom is 0.303 e. The number of carbonyl (C=O) groups is 3. The van der Waals surface area contributed by atoms with Crippen molar-refractivity contribution in [3.05, 3.63) is 23.8 Å². The van der Waals surface area contributed by atoms with Gasteiger partial charge >= 0.3 is 5.97 Å². The number of fused-ring (bicyclic) bond motifs is 5. The first-order valence-corrected chi connectivity index (χ1v) is 11.0. The Labute approximate surface area is 177 Å². The van der Waals surface area contributed by atoms with Gasteiger partial charge in [-0.15, -0.1) is 0 Å². The standard InChI is InChI=1S/C24H32O6/c1-13-9-16-17-6-8-24(29,20(28)12-30-14(2)25)23(17,4)11-19(27)21(16)22(3)7-5-15(26)10-18(13)22/h5,7,10,13,16-17,19,21,27,29H,6,8-9,11-12H2,1-4H3/t13?,16-,17+,19?,21-,22+,23+,24+/m1/s1. The summed E-state index contributed by atoms with van der Waals surface area (Å²) < 4.78 is 4.89. The summed E-state index contributed by atoms with van der Waals surface area (Å²) in [6.07, 6.45) is 6.71. The van der Waals surface area contributed by atoms with Gasteiger partial charge in [-0.05, 0) is 55.6 Å². The molecule has 0 amide bonds. The monoisotopic (exact) mass is 416 g/mol. The van der Waals surface area contributed by atoms with E-state index < -0.39 is 40.9 Å². The Morgan fingerprint density at radius 3 is 2.67 bits per heavy atom. The molecule has 164 valence electrons. The highest BCUT2D eigenvalue weighted by Gasteiger charge is 2.68. The van der Waals surface area contributed by atoms with Crippen LogP contribution in [0.2, 0.25) is 0 Å². The zero-order valence-electron chi connectivity index (χ0n) is 18.2. The van der Waals surface area contributed by atoms with Gasteiger partial charge in [-0.2, -0.15) is 0 Å². The zero-order valence-corrected chi connectivity index (χ0v) is 18.2. The minimum atomic E-state index is -1.61. The number of carbonyl (C=O) groups excluding carboxylic acids is 3. The molecule has 0 bridgehead atoms. The SMILES string of the molecule is CC(=O)OCC(=O)[C@@]1(O)CC[C@H]2[C@H]3CC(C)C4=CC(=O)C=C[C@]4(C)[C@H]3C(O)C[C@@]21C. The van der Waals surface area contributed by atoms with Crippen LogP contribution in [0.25, 0.3) is 0 Å². The molecule has 4 rings (SSSR count). The molecule has 3 saturated carbocycles. The maximum atomic E-state index is 12.9. The number of aliphatic hydroxyl groups excluding tert-OH is 1. The Morgan fingerprint density at radius 1 is 1.30 bits per heavy atom. The molecule has 0 aromatic rings. The van der Waals surface area contributed by atoms with E-state index in [0.29, 0.717) is 19.3 Å². The van der Waals surface area contributed by atoms with Crippen molar-refractivity contribution in [1.82, 2.24) is 0 Å². The topological polar surface area (TPSA) is 101 Å². The Morgan fingerprint density at radius 2 is 2.00 bits per heavy atom. The van der Waals surface area contributed by atoms with Gasteiger partial charge in [0, 0.05) is 23.7 Å². The van der Waals surface area contributed by atoms with Crippen molar-refractivity contribution in [2.75, 3.05) is 6.61 Å². The third-order valence-corrected chi connectivity index (χ3v) is 8.84. The van der Waals surface area contributed by atoms with E-state index in [9.17, 15) is 24.6 Å². The van der Waals surface area contributed by atoms with E-state index >= 15 is 0 Å². The molecule has 0 saturated heterocycles. The van der Waals surface area contributed by atoms with Crippen LogP contribution in [0.4, 0.5) is 0 Å². The quantitative estimate of drug-likeness (QED) is 0.685. The molecule has 2 N–H and O–H groups in total. The van der Waals surface area contributed by atoms with Crippen LogP contribution in [0, 0.1) is 34.5 Å². The lowest BCUT2D eigenvalue weighted by atomic mass is 9.45. The Kier molecular flexibility index (Phi) is 4.90. The number of allylic oxidation sites excluding steroid dienone is 4. The first-order chi connectivity index (χ1) is 13.9. The van der Waals surface area contributed by atoms with Gasteiger partial charge in [0.1, 0.15) is 5.60 Å². The molecule has 2 unspecified atom stereocenters.